The molecule has 1 aliphatic carbocycles. The van der Waals surface area contributed by atoms with Gasteiger partial charge in [-0.15, -0.1) is 15.3 Å². The van der Waals surface area contributed by atoms with E-state index < -0.39 is 0 Å². The summed E-state index contributed by atoms with van der Waals surface area (Å²) in [6, 6.07) is 12.4. The molecule has 0 aliphatic heterocycles. The van der Waals surface area contributed by atoms with Crippen molar-refractivity contribution in [2.45, 2.75) is 31.6 Å². The maximum absolute atomic E-state index is 4.66. The van der Waals surface area contributed by atoms with Crippen LogP contribution in [0.15, 0.2) is 42.6 Å². The lowest BCUT2D eigenvalue weighted by molar-refractivity contribution is 0.805. The second kappa shape index (κ2) is 5.88. The molecule has 1 aliphatic rings. The molecule has 0 amide bonds. The van der Waals surface area contributed by atoms with E-state index in [0.29, 0.717) is 5.92 Å². The summed E-state index contributed by atoms with van der Waals surface area (Å²) in [4.78, 5) is 3.34. The van der Waals surface area contributed by atoms with Gasteiger partial charge in [0.2, 0.25) is 0 Å². The van der Waals surface area contributed by atoms with Crippen LogP contribution in [0.3, 0.4) is 0 Å². The van der Waals surface area contributed by atoms with E-state index in [4.69, 9.17) is 0 Å². The average molecular weight is 332 g/mol. The van der Waals surface area contributed by atoms with Crippen molar-refractivity contribution in [3.8, 4) is 0 Å². The number of para-hydroxylation sites is 1. The van der Waals surface area contributed by atoms with Gasteiger partial charge in [-0.25, -0.2) is 0 Å². The zero-order chi connectivity index (χ0) is 16.6. The molecule has 0 saturated heterocycles. The molecule has 2 N–H and O–H groups in total. The number of aromatic nitrogens is 5. The predicted octanol–water partition coefficient (Wildman–Crippen LogP) is 3.53. The molecule has 126 valence electrons. The van der Waals surface area contributed by atoms with Gasteiger partial charge in [-0.1, -0.05) is 18.2 Å². The largest absolute Gasteiger partial charge is 0.369 e. The summed E-state index contributed by atoms with van der Waals surface area (Å²) in [6.07, 6.45) is 6.61. The number of H-pyrrole nitrogens is 1. The Kier molecular flexibility index (Phi) is 3.40. The minimum Gasteiger partial charge on any atom is -0.369 e. The maximum atomic E-state index is 4.66. The van der Waals surface area contributed by atoms with E-state index in [0.717, 1.165) is 36.7 Å². The van der Waals surface area contributed by atoms with Crippen molar-refractivity contribution in [2.75, 3.05) is 11.9 Å². The van der Waals surface area contributed by atoms with Crippen LogP contribution in [0.2, 0.25) is 0 Å². The van der Waals surface area contributed by atoms with Gasteiger partial charge in [0.05, 0.1) is 0 Å². The molecule has 1 saturated carbocycles. The third-order valence-corrected chi connectivity index (χ3v) is 4.83. The van der Waals surface area contributed by atoms with E-state index in [9.17, 15) is 0 Å². The van der Waals surface area contributed by atoms with Gasteiger partial charge in [-0.2, -0.15) is 4.52 Å². The molecule has 0 spiro atoms. The zero-order valence-electron chi connectivity index (χ0n) is 13.9. The number of hydrogen-bond donors (Lipinski definition) is 2. The second-order valence-electron chi connectivity index (χ2n) is 6.71. The number of anilines is 1. The van der Waals surface area contributed by atoms with Crippen LogP contribution in [-0.2, 0) is 6.42 Å². The Morgan fingerprint density at radius 1 is 1.12 bits per heavy atom. The van der Waals surface area contributed by atoms with E-state index in [1.807, 2.05) is 16.6 Å². The molecular weight excluding hydrogens is 312 g/mol. The van der Waals surface area contributed by atoms with Crippen molar-refractivity contribution in [3.63, 3.8) is 0 Å². The fourth-order valence-electron chi connectivity index (χ4n) is 3.33. The lowest BCUT2D eigenvalue weighted by Gasteiger charge is -2.06. The van der Waals surface area contributed by atoms with Crippen LogP contribution < -0.4 is 5.32 Å². The number of aromatic amines is 1. The third-order valence-electron chi connectivity index (χ3n) is 4.83. The van der Waals surface area contributed by atoms with Crippen LogP contribution in [-0.4, -0.2) is 31.3 Å². The van der Waals surface area contributed by atoms with Crippen LogP contribution in [0.5, 0.6) is 0 Å². The topological polar surface area (TPSA) is 70.9 Å². The minimum absolute atomic E-state index is 0.541. The summed E-state index contributed by atoms with van der Waals surface area (Å²) in [5.74, 6) is 2.42. The number of hydrogen-bond acceptors (Lipinski definition) is 4. The highest BCUT2D eigenvalue weighted by Gasteiger charge is 2.29. The molecule has 0 unspecified atom stereocenters. The fraction of sp³-hybridized carbons (Fsp3) is 0.316. The number of aryl methyl sites for hydroxylation is 1. The summed E-state index contributed by atoms with van der Waals surface area (Å²) in [7, 11) is 0. The lowest BCUT2D eigenvalue weighted by Crippen LogP contribution is -2.07. The Labute approximate surface area is 145 Å². The van der Waals surface area contributed by atoms with Crippen molar-refractivity contribution in [1.82, 2.24) is 24.8 Å². The zero-order valence-corrected chi connectivity index (χ0v) is 13.9. The van der Waals surface area contributed by atoms with Crippen LogP contribution in [0, 0.1) is 0 Å². The van der Waals surface area contributed by atoms with E-state index >= 15 is 0 Å². The van der Waals surface area contributed by atoms with Crippen LogP contribution in [0.4, 0.5) is 5.82 Å². The Hall–Kier alpha value is -2.89. The fourth-order valence-corrected chi connectivity index (χ4v) is 3.33. The highest BCUT2D eigenvalue weighted by atomic mass is 15.4. The molecule has 3 aromatic heterocycles. The first-order valence-corrected chi connectivity index (χ1v) is 8.90. The Morgan fingerprint density at radius 2 is 2.04 bits per heavy atom. The molecule has 6 heteroatoms. The van der Waals surface area contributed by atoms with Gasteiger partial charge in [-0.05, 0) is 49.4 Å². The number of nitrogens with one attached hydrogen (secondary N) is 2. The Balaban J connectivity index is 1.24. The van der Waals surface area contributed by atoms with E-state index in [-0.39, 0.29) is 0 Å². The molecule has 1 fully saturated rings. The molecule has 1 aromatic carbocycles. The minimum atomic E-state index is 0.541. The Bertz CT molecular complexity index is 1030. The third kappa shape index (κ3) is 2.73. The normalized spacial score (nSPS) is 14.4. The number of fused-ring (bicyclic) bond motifs is 2. The van der Waals surface area contributed by atoms with Crippen molar-refractivity contribution >= 4 is 22.4 Å². The first kappa shape index (κ1) is 14.5. The molecule has 6 nitrogen and oxygen atoms in total. The van der Waals surface area contributed by atoms with Crippen molar-refractivity contribution in [2.24, 2.45) is 0 Å². The SMILES string of the molecule is c1ccc2c(CCCNc3ccc4nnc(C5CC5)n4n3)c[nH]c2c1. The number of nitrogens with zero attached hydrogens (tertiary/aromatic N) is 4. The maximum Gasteiger partial charge on any atom is 0.178 e. The first-order chi connectivity index (χ1) is 12.4. The number of rotatable bonds is 6. The van der Waals surface area contributed by atoms with Gasteiger partial charge >= 0.3 is 0 Å². The highest BCUT2D eigenvalue weighted by molar-refractivity contribution is 5.83. The summed E-state index contributed by atoms with van der Waals surface area (Å²) in [6.45, 7) is 0.888. The molecule has 0 radical (unpaired) electrons. The molecular formula is C19H20N6. The molecule has 0 atom stereocenters. The lowest BCUT2D eigenvalue weighted by atomic mass is 10.1. The van der Waals surface area contributed by atoms with Gasteiger partial charge < -0.3 is 10.3 Å². The monoisotopic (exact) mass is 332 g/mol. The summed E-state index contributed by atoms with van der Waals surface area (Å²) in [5.41, 5.74) is 3.40. The summed E-state index contributed by atoms with van der Waals surface area (Å²) >= 11 is 0. The van der Waals surface area contributed by atoms with Gasteiger partial charge in [0.15, 0.2) is 11.5 Å². The predicted molar refractivity (Wildman–Crippen MR) is 97.9 cm³/mol. The summed E-state index contributed by atoms with van der Waals surface area (Å²) in [5, 5.41) is 17.9. The first-order valence-electron chi connectivity index (χ1n) is 8.90. The van der Waals surface area contributed by atoms with E-state index in [1.165, 1.54) is 29.3 Å². The van der Waals surface area contributed by atoms with Gasteiger partial charge in [0.1, 0.15) is 5.82 Å². The van der Waals surface area contributed by atoms with Crippen LogP contribution >= 0.6 is 0 Å². The van der Waals surface area contributed by atoms with Gasteiger partial charge in [0.25, 0.3) is 0 Å². The Morgan fingerprint density at radius 3 is 2.96 bits per heavy atom. The van der Waals surface area contributed by atoms with Gasteiger partial charge in [-0.3, -0.25) is 0 Å². The molecule has 0 bridgehead atoms. The molecule has 5 rings (SSSR count). The van der Waals surface area contributed by atoms with Gasteiger partial charge in [0, 0.05) is 29.6 Å². The van der Waals surface area contributed by atoms with Crippen molar-refractivity contribution in [1.29, 1.82) is 0 Å². The molecule has 4 aromatic rings. The quantitative estimate of drug-likeness (QED) is 0.530. The molecule has 25 heavy (non-hydrogen) atoms. The van der Waals surface area contributed by atoms with Crippen LogP contribution in [0.25, 0.3) is 16.6 Å². The standard InChI is InChI=1S/C19H20N6/c1-2-6-16-15(5-1)14(12-21-16)4-3-11-20-17-9-10-18-22-23-19(13-7-8-13)25(18)24-17/h1-2,5-6,9-10,12-13,21H,3-4,7-8,11H2,(H,20,24). The smallest absolute Gasteiger partial charge is 0.178 e. The van der Waals surface area contributed by atoms with E-state index in [2.05, 4.69) is 56.1 Å². The average Bonchev–Trinajstić information content (AvgIpc) is 3.27. The van der Waals surface area contributed by atoms with E-state index in [1.54, 1.807) is 0 Å². The highest BCUT2D eigenvalue weighted by Crippen LogP contribution is 2.38. The van der Waals surface area contributed by atoms with Crippen molar-refractivity contribution in [3.05, 3.63) is 54.0 Å². The number of benzene rings is 1. The van der Waals surface area contributed by atoms with Crippen LogP contribution in [0.1, 0.15) is 36.6 Å². The summed E-state index contributed by atoms with van der Waals surface area (Å²) < 4.78 is 1.89. The molecule has 3 heterocycles. The second-order valence-corrected chi connectivity index (χ2v) is 6.71. The van der Waals surface area contributed by atoms with Crippen molar-refractivity contribution < 1.29 is 0 Å².